The molecule has 0 radical (unpaired) electrons. The lowest BCUT2D eigenvalue weighted by atomic mass is 10.1. The Morgan fingerprint density at radius 3 is 2.47 bits per heavy atom. The van der Waals surface area contributed by atoms with Crippen LogP contribution in [0, 0.1) is 13.8 Å². The average molecular weight is 509 g/mol. The third kappa shape index (κ3) is 5.22. The molecule has 30 heavy (non-hydrogen) atoms. The van der Waals surface area contributed by atoms with Crippen LogP contribution in [0.2, 0.25) is 5.02 Å². The van der Waals surface area contributed by atoms with E-state index in [0.717, 1.165) is 15.6 Å². The van der Waals surface area contributed by atoms with Crippen molar-refractivity contribution in [2.45, 2.75) is 25.3 Å². The molecule has 0 aliphatic heterocycles. The van der Waals surface area contributed by atoms with E-state index in [4.69, 9.17) is 16.3 Å². The zero-order valence-electron chi connectivity index (χ0n) is 16.3. The molecule has 0 aliphatic carbocycles. The lowest BCUT2D eigenvalue weighted by molar-refractivity contribution is 0.0977. The molecule has 0 atom stereocenters. The van der Waals surface area contributed by atoms with Crippen LogP contribution >= 0.6 is 27.5 Å². The van der Waals surface area contributed by atoms with Gasteiger partial charge in [-0.25, -0.2) is 13.1 Å². The molecule has 0 saturated heterocycles. The van der Waals surface area contributed by atoms with E-state index in [-0.39, 0.29) is 17.1 Å². The summed E-state index contributed by atoms with van der Waals surface area (Å²) in [5, 5.41) is 0.305. The molecule has 3 aromatic rings. The van der Waals surface area contributed by atoms with E-state index in [1.165, 1.54) is 12.1 Å². The maximum atomic E-state index is 12.8. The molecule has 0 spiro atoms. The summed E-state index contributed by atoms with van der Waals surface area (Å²) in [6.07, 6.45) is 0. The van der Waals surface area contributed by atoms with Crippen LogP contribution < -0.4 is 9.46 Å². The van der Waals surface area contributed by atoms with Gasteiger partial charge in [-0.05, 0) is 66.9 Å². The predicted octanol–water partition coefficient (Wildman–Crippen LogP) is 5.42. The fourth-order valence-corrected chi connectivity index (χ4v) is 4.52. The zero-order chi connectivity index (χ0) is 21.9. The molecule has 0 saturated carbocycles. The molecule has 0 aromatic heterocycles. The first-order valence-electron chi connectivity index (χ1n) is 8.97. The standard InChI is InChI=1S/C22H19BrClNO4S/c1-14-6-11-18(20(12-14)29-13-16-7-9-17(23)10-8-16)22(26)25-30(27,28)21-5-3-4-19(24)15(21)2/h3-12H,13H2,1-2H3,(H,25,26). The number of halogens is 2. The minimum absolute atomic E-state index is 0.0483. The molecular weight excluding hydrogens is 490 g/mol. The van der Waals surface area contributed by atoms with Gasteiger partial charge in [-0.1, -0.05) is 51.8 Å². The predicted molar refractivity (Wildman–Crippen MR) is 120 cm³/mol. The van der Waals surface area contributed by atoms with Crippen molar-refractivity contribution in [3.63, 3.8) is 0 Å². The van der Waals surface area contributed by atoms with E-state index >= 15 is 0 Å². The van der Waals surface area contributed by atoms with E-state index in [2.05, 4.69) is 20.7 Å². The smallest absolute Gasteiger partial charge is 0.268 e. The van der Waals surface area contributed by atoms with Gasteiger partial charge in [-0.3, -0.25) is 4.79 Å². The number of rotatable bonds is 6. The highest BCUT2D eigenvalue weighted by molar-refractivity contribution is 9.10. The van der Waals surface area contributed by atoms with Gasteiger partial charge in [-0.2, -0.15) is 0 Å². The number of ether oxygens (including phenoxy) is 1. The van der Waals surface area contributed by atoms with Crippen molar-refractivity contribution >= 4 is 43.5 Å². The van der Waals surface area contributed by atoms with Gasteiger partial charge in [0.15, 0.2) is 0 Å². The molecule has 0 heterocycles. The van der Waals surface area contributed by atoms with Crippen LogP contribution in [0.4, 0.5) is 0 Å². The summed E-state index contributed by atoms with van der Waals surface area (Å²) < 4.78 is 34.4. The second kappa shape index (κ2) is 9.20. The fraction of sp³-hybridized carbons (Fsp3) is 0.136. The van der Waals surface area contributed by atoms with Crippen molar-refractivity contribution in [1.29, 1.82) is 0 Å². The van der Waals surface area contributed by atoms with Gasteiger partial charge in [0.2, 0.25) is 0 Å². The van der Waals surface area contributed by atoms with Gasteiger partial charge in [0, 0.05) is 9.50 Å². The highest BCUT2D eigenvalue weighted by Gasteiger charge is 2.23. The van der Waals surface area contributed by atoms with Gasteiger partial charge in [0.25, 0.3) is 15.9 Å². The van der Waals surface area contributed by atoms with E-state index in [9.17, 15) is 13.2 Å². The normalized spacial score (nSPS) is 11.2. The molecule has 0 bridgehead atoms. The molecule has 3 rings (SSSR count). The third-order valence-corrected chi connectivity index (χ3v) is 6.84. The Morgan fingerprint density at radius 1 is 1.07 bits per heavy atom. The van der Waals surface area contributed by atoms with Crippen LogP contribution in [0.15, 0.2) is 70.0 Å². The topological polar surface area (TPSA) is 72.5 Å². The first kappa shape index (κ1) is 22.3. The summed E-state index contributed by atoms with van der Waals surface area (Å²) in [5.74, 6) is -0.478. The minimum atomic E-state index is -4.10. The van der Waals surface area contributed by atoms with Gasteiger partial charge in [-0.15, -0.1) is 0 Å². The summed E-state index contributed by atoms with van der Waals surface area (Å²) in [5.41, 5.74) is 2.29. The van der Waals surface area contributed by atoms with E-state index in [0.29, 0.717) is 16.3 Å². The molecule has 1 N–H and O–H groups in total. The summed E-state index contributed by atoms with van der Waals surface area (Å²) in [4.78, 5) is 12.8. The second-order valence-corrected chi connectivity index (χ2v) is 9.69. The van der Waals surface area contributed by atoms with Gasteiger partial charge >= 0.3 is 0 Å². The lowest BCUT2D eigenvalue weighted by Gasteiger charge is -2.14. The number of carbonyl (C=O) groups excluding carboxylic acids is 1. The molecule has 1 amide bonds. The van der Waals surface area contributed by atoms with Gasteiger partial charge < -0.3 is 4.74 Å². The summed E-state index contributed by atoms with van der Waals surface area (Å²) in [6.45, 7) is 3.68. The number of hydrogen-bond donors (Lipinski definition) is 1. The number of benzene rings is 3. The van der Waals surface area contributed by atoms with Crippen molar-refractivity contribution in [3.05, 3.63) is 92.4 Å². The number of nitrogens with one attached hydrogen (secondary N) is 1. The van der Waals surface area contributed by atoms with Gasteiger partial charge in [0.1, 0.15) is 12.4 Å². The number of hydrogen-bond acceptors (Lipinski definition) is 4. The van der Waals surface area contributed by atoms with Crippen LogP contribution in [-0.2, 0) is 16.6 Å². The Kier molecular flexibility index (Phi) is 6.85. The number of sulfonamides is 1. The first-order valence-corrected chi connectivity index (χ1v) is 11.6. The molecule has 5 nitrogen and oxygen atoms in total. The van der Waals surface area contributed by atoms with Crippen LogP contribution in [0.5, 0.6) is 5.75 Å². The quantitative estimate of drug-likeness (QED) is 0.483. The fourth-order valence-electron chi connectivity index (χ4n) is 2.79. The maximum Gasteiger partial charge on any atom is 0.268 e. The Balaban J connectivity index is 1.85. The Hall–Kier alpha value is -2.35. The highest BCUT2D eigenvalue weighted by Crippen LogP contribution is 2.25. The van der Waals surface area contributed by atoms with Crippen molar-refractivity contribution in [3.8, 4) is 5.75 Å². The van der Waals surface area contributed by atoms with Crippen molar-refractivity contribution in [2.75, 3.05) is 0 Å². The van der Waals surface area contributed by atoms with Gasteiger partial charge in [0.05, 0.1) is 10.5 Å². The lowest BCUT2D eigenvalue weighted by Crippen LogP contribution is -2.31. The average Bonchev–Trinajstić information content (AvgIpc) is 2.69. The molecule has 0 aliphatic rings. The minimum Gasteiger partial charge on any atom is -0.488 e. The molecule has 8 heteroatoms. The van der Waals surface area contributed by atoms with E-state index in [1.54, 1.807) is 31.2 Å². The Bertz CT molecular complexity index is 1190. The number of aryl methyl sites for hydroxylation is 1. The summed E-state index contributed by atoms with van der Waals surface area (Å²) >= 11 is 9.40. The van der Waals surface area contributed by atoms with E-state index < -0.39 is 15.9 Å². The highest BCUT2D eigenvalue weighted by atomic mass is 79.9. The van der Waals surface area contributed by atoms with Crippen molar-refractivity contribution in [2.24, 2.45) is 0 Å². The van der Waals surface area contributed by atoms with Crippen molar-refractivity contribution < 1.29 is 17.9 Å². The number of amides is 1. The zero-order valence-corrected chi connectivity index (χ0v) is 19.4. The van der Waals surface area contributed by atoms with Crippen molar-refractivity contribution in [1.82, 2.24) is 4.72 Å². The Labute approximate surface area is 189 Å². The first-order chi connectivity index (χ1) is 14.2. The van der Waals surface area contributed by atoms with Crippen LogP contribution in [0.25, 0.3) is 0 Å². The van der Waals surface area contributed by atoms with E-state index in [1.807, 2.05) is 31.2 Å². The monoisotopic (exact) mass is 507 g/mol. The van der Waals surface area contributed by atoms with Crippen LogP contribution in [-0.4, -0.2) is 14.3 Å². The second-order valence-electron chi connectivity index (χ2n) is 6.71. The van der Waals surface area contributed by atoms with Crippen LogP contribution in [0.3, 0.4) is 0 Å². The molecular formula is C22H19BrClNO4S. The molecule has 0 fully saturated rings. The molecule has 3 aromatic carbocycles. The third-order valence-electron chi connectivity index (χ3n) is 4.42. The van der Waals surface area contributed by atoms with Crippen LogP contribution in [0.1, 0.15) is 27.0 Å². The Morgan fingerprint density at radius 2 is 1.77 bits per heavy atom. The largest absolute Gasteiger partial charge is 0.488 e. The number of carbonyl (C=O) groups is 1. The summed E-state index contributed by atoms with van der Waals surface area (Å²) in [6, 6.07) is 17.0. The molecule has 156 valence electrons. The maximum absolute atomic E-state index is 12.8. The summed E-state index contributed by atoms with van der Waals surface area (Å²) in [7, 11) is -4.10. The molecule has 0 unspecified atom stereocenters. The SMILES string of the molecule is Cc1ccc(C(=O)NS(=O)(=O)c2cccc(Cl)c2C)c(OCc2ccc(Br)cc2)c1.